The summed E-state index contributed by atoms with van der Waals surface area (Å²) in [5.74, 6) is 0.487. The third-order valence-electron chi connectivity index (χ3n) is 5.32. The second-order valence-corrected chi connectivity index (χ2v) is 10.5. The zero-order chi connectivity index (χ0) is 24.7. The number of hydrogen-bond acceptors (Lipinski definition) is 6. The first kappa shape index (κ1) is 24.8. The molecule has 0 saturated carbocycles. The van der Waals surface area contributed by atoms with E-state index in [2.05, 4.69) is 16.6 Å². The fraction of sp³-hybridized carbons (Fsp3) is 0.231. The molecule has 0 spiro atoms. The van der Waals surface area contributed by atoms with Crippen molar-refractivity contribution in [2.24, 2.45) is 4.40 Å². The number of nitrogens with zero attached hydrogens (tertiary/aromatic N) is 2. The van der Waals surface area contributed by atoms with E-state index in [1.807, 2.05) is 35.2 Å². The van der Waals surface area contributed by atoms with Crippen molar-refractivity contribution >= 4 is 44.2 Å². The van der Waals surface area contributed by atoms with Gasteiger partial charge in [0, 0.05) is 12.2 Å². The summed E-state index contributed by atoms with van der Waals surface area (Å²) in [4.78, 5) is 14.7. The quantitative estimate of drug-likeness (QED) is 0.421. The van der Waals surface area contributed by atoms with Crippen LogP contribution in [0, 0.1) is 0 Å². The van der Waals surface area contributed by atoms with Crippen LogP contribution in [-0.4, -0.2) is 31.8 Å². The number of carbonyl (C=O) groups is 1. The van der Waals surface area contributed by atoms with E-state index < -0.39 is 10.0 Å². The van der Waals surface area contributed by atoms with Crippen LogP contribution in [0.5, 0.6) is 5.75 Å². The highest BCUT2D eigenvalue weighted by Crippen LogP contribution is 2.34. The van der Waals surface area contributed by atoms with E-state index in [0.717, 1.165) is 30.2 Å². The highest BCUT2D eigenvalue weighted by molar-refractivity contribution is 8.15. The van der Waals surface area contributed by atoms with Gasteiger partial charge in [-0.1, -0.05) is 67.6 Å². The molecule has 1 aliphatic heterocycles. The van der Waals surface area contributed by atoms with Crippen LogP contribution in [0.3, 0.4) is 0 Å². The predicted molar refractivity (Wildman–Crippen MR) is 142 cm³/mol. The van der Waals surface area contributed by atoms with Crippen LogP contribution in [0.2, 0.25) is 0 Å². The number of unbranched alkanes of at least 4 members (excludes halogenated alkanes) is 1. The Morgan fingerprint density at radius 1 is 1.00 bits per heavy atom. The van der Waals surface area contributed by atoms with Crippen molar-refractivity contribution in [2.45, 2.75) is 31.3 Å². The van der Waals surface area contributed by atoms with Crippen LogP contribution in [0.1, 0.15) is 25.3 Å². The molecule has 0 bridgehead atoms. The Hall–Kier alpha value is -3.30. The van der Waals surface area contributed by atoms with Gasteiger partial charge in [0.15, 0.2) is 5.17 Å². The van der Waals surface area contributed by atoms with Crippen LogP contribution in [0.25, 0.3) is 0 Å². The molecule has 0 saturated heterocycles. The molecular formula is C26H27N3O4S2. The second-order valence-electron chi connectivity index (χ2n) is 7.96. The molecule has 0 fully saturated rings. The largest absolute Gasteiger partial charge is 0.489 e. The summed E-state index contributed by atoms with van der Waals surface area (Å²) >= 11 is 1.12. The number of amidine groups is 1. The molecule has 0 aliphatic carbocycles. The van der Waals surface area contributed by atoms with Crippen LogP contribution >= 0.6 is 11.8 Å². The Bertz CT molecular complexity index is 1290. The maximum atomic E-state index is 12.7. The second kappa shape index (κ2) is 11.4. The highest BCUT2D eigenvalue weighted by Gasteiger charge is 2.30. The summed E-state index contributed by atoms with van der Waals surface area (Å²) in [6.45, 7) is 3.16. The molecule has 0 aromatic heterocycles. The van der Waals surface area contributed by atoms with Crippen molar-refractivity contribution in [1.82, 2.24) is 0 Å². The van der Waals surface area contributed by atoms with E-state index in [0.29, 0.717) is 35.4 Å². The molecule has 1 N–H and O–H groups in total. The number of carbonyl (C=O) groups excluding carboxylic acids is 1. The molecule has 0 unspecified atom stereocenters. The molecular weight excluding hydrogens is 482 g/mol. The Labute approximate surface area is 210 Å². The van der Waals surface area contributed by atoms with Crippen molar-refractivity contribution in [3.05, 3.63) is 84.4 Å². The SMILES string of the molecule is CCCCN1C(SCC(=O)Nc2ccc(OCc3ccccc3)cc2)=NS(=O)(=O)c2ccccc21. The topological polar surface area (TPSA) is 88.1 Å². The van der Waals surface area contributed by atoms with E-state index in [4.69, 9.17) is 4.74 Å². The molecule has 1 amide bonds. The van der Waals surface area contributed by atoms with Gasteiger partial charge in [-0.05, 0) is 48.4 Å². The number of sulfonamides is 1. The predicted octanol–water partition coefficient (Wildman–Crippen LogP) is 5.30. The molecule has 0 atom stereocenters. The molecule has 3 aromatic rings. The number of rotatable bonds is 9. The fourth-order valence-corrected chi connectivity index (χ4v) is 5.82. The van der Waals surface area contributed by atoms with Crippen LogP contribution in [0.15, 0.2) is 88.2 Å². The van der Waals surface area contributed by atoms with Gasteiger partial charge >= 0.3 is 0 Å². The zero-order valence-corrected chi connectivity index (χ0v) is 21.0. The van der Waals surface area contributed by atoms with Crippen LogP contribution < -0.4 is 15.0 Å². The van der Waals surface area contributed by atoms with Crippen molar-refractivity contribution < 1.29 is 17.9 Å². The lowest BCUT2D eigenvalue weighted by molar-refractivity contribution is -0.113. The number of amides is 1. The summed E-state index contributed by atoms with van der Waals surface area (Å²) in [5.41, 5.74) is 2.31. The van der Waals surface area contributed by atoms with Gasteiger partial charge in [0.05, 0.1) is 11.4 Å². The van der Waals surface area contributed by atoms with E-state index in [1.165, 1.54) is 0 Å². The van der Waals surface area contributed by atoms with Gasteiger partial charge in [-0.15, -0.1) is 4.40 Å². The first-order valence-corrected chi connectivity index (χ1v) is 13.8. The Kier molecular flexibility index (Phi) is 8.09. The number of thioether (sulfide) groups is 1. The molecule has 0 radical (unpaired) electrons. The lowest BCUT2D eigenvalue weighted by Crippen LogP contribution is -2.35. The van der Waals surface area contributed by atoms with E-state index in [-0.39, 0.29) is 16.6 Å². The number of benzene rings is 3. The minimum Gasteiger partial charge on any atom is -0.489 e. The number of fused-ring (bicyclic) bond motifs is 1. The highest BCUT2D eigenvalue weighted by atomic mass is 32.2. The Morgan fingerprint density at radius 3 is 2.46 bits per heavy atom. The minimum atomic E-state index is -3.81. The maximum Gasteiger partial charge on any atom is 0.286 e. The number of anilines is 2. The number of ether oxygens (including phenoxy) is 1. The first-order chi connectivity index (χ1) is 17.0. The van der Waals surface area contributed by atoms with Crippen LogP contribution in [-0.2, 0) is 21.4 Å². The monoisotopic (exact) mass is 509 g/mol. The van der Waals surface area contributed by atoms with Crippen molar-refractivity contribution in [1.29, 1.82) is 0 Å². The van der Waals surface area contributed by atoms with Gasteiger partial charge in [0.1, 0.15) is 17.3 Å². The molecule has 1 heterocycles. The van der Waals surface area contributed by atoms with Gasteiger partial charge < -0.3 is 15.0 Å². The van der Waals surface area contributed by atoms with E-state index >= 15 is 0 Å². The third-order valence-corrected chi connectivity index (χ3v) is 7.72. The molecule has 182 valence electrons. The molecule has 4 rings (SSSR count). The lowest BCUT2D eigenvalue weighted by Gasteiger charge is -2.30. The molecule has 35 heavy (non-hydrogen) atoms. The third kappa shape index (κ3) is 6.43. The first-order valence-electron chi connectivity index (χ1n) is 11.4. The average molecular weight is 510 g/mol. The van der Waals surface area contributed by atoms with E-state index in [9.17, 15) is 13.2 Å². The number of hydrogen-bond donors (Lipinski definition) is 1. The summed E-state index contributed by atoms with van der Waals surface area (Å²) in [6.07, 6.45) is 1.83. The van der Waals surface area contributed by atoms with Gasteiger partial charge in [0.2, 0.25) is 5.91 Å². The summed E-state index contributed by atoms with van der Waals surface area (Å²) < 4.78 is 35.1. The molecule has 9 heteroatoms. The Balaban J connectivity index is 1.36. The molecule has 1 aliphatic rings. The number of nitrogens with one attached hydrogen (secondary N) is 1. The minimum absolute atomic E-state index is 0.0331. The standard InChI is InChI=1S/C26H27N3O4S2/c1-2-3-17-29-23-11-7-8-12-24(23)35(31,32)28-26(29)34-19-25(30)27-21-13-15-22(16-14-21)33-18-20-9-5-4-6-10-20/h4-16H,2-3,17-19H2,1H3,(H,27,30). The van der Waals surface area contributed by atoms with Crippen LogP contribution in [0.4, 0.5) is 11.4 Å². The van der Waals surface area contributed by atoms with Gasteiger partial charge in [-0.3, -0.25) is 4.79 Å². The van der Waals surface area contributed by atoms with Crippen molar-refractivity contribution in [2.75, 3.05) is 22.5 Å². The fourth-order valence-electron chi connectivity index (χ4n) is 3.54. The smallest absolute Gasteiger partial charge is 0.286 e. The molecule has 3 aromatic carbocycles. The summed E-state index contributed by atoms with van der Waals surface area (Å²) in [6, 6.07) is 23.9. The van der Waals surface area contributed by atoms with Gasteiger partial charge in [0.25, 0.3) is 10.0 Å². The number of para-hydroxylation sites is 1. The van der Waals surface area contributed by atoms with Gasteiger partial charge in [-0.2, -0.15) is 8.42 Å². The summed E-state index contributed by atoms with van der Waals surface area (Å²) in [7, 11) is -3.81. The van der Waals surface area contributed by atoms with Gasteiger partial charge in [-0.25, -0.2) is 0 Å². The lowest BCUT2D eigenvalue weighted by atomic mass is 10.2. The van der Waals surface area contributed by atoms with Crippen molar-refractivity contribution in [3.63, 3.8) is 0 Å². The van der Waals surface area contributed by atoms with E-state index in [1.54, 1.807) is 48.5 Å². The Morgan fingerprint density at radius 2 is 1.71 bits per heavy atom. The van der Waals surface area contributed by atoms with Crippen molar-refractivity contribution in [3.8, 4) is 5.75 Å². The average Bonchev–Trinajstić information content (AvgIpc) is 2.87. The summed E-state index contributed by atoms with van der Waals surface area (Å²) in [5, 5.41) is 3.16. The maximum absolute atomic E-state index is 12.7. The zero-order valence-electron chi connectivity index (χ0n) is 19.4. The normalized spacial score (nSPS) is 14.1. The molecule has 7 nitrogen and oxygen atoms in total.